The van der Waals surface area contributed by atoms with Crippen LogP contribution >= 0.6 is 0 Å². The third kappa shape index (κ3) is 5.42. The molecule has 74 valence electrons. The van der Waals surface area contributed by atoms with E-state index in [0.29, 0.717) is 0 Å². The number of hydrogen-bond donors (Lipinski definition) is 5. The zero-order valence-electron chi connectivity index (χ0n) is 8.23. The summed E-state index contributed by atoms with van der Waals surface area (Å²) in [6.07, 6.45) is 0.163. The molecule has 1 atom stereocenters. The summed E-state index contributed by atoms with van der Waals surface area (Å²) < 4.78 is 0. The van der Waals surface area contributed by atoms with Crippen LogP contribution in [-0.2, 0) is 0 Å². The van der Waals surface area contributed by atoms with E-state index in [1.165, 1.54) is 0 Å². The summed E-state index contributed by atoms with van der Waals surface area (Å²) in [4.78, 5) is 0. The maximum atomic E-state index is 3.15. The Balaban J connectivity index is 3.53. The summed E-state index contributed by atoms with van der Waals surface area (Å²) in [5.74, 6) is 0. The first-order valence-corrected chi connectivity index (χ1v) is 4.02. The second-order valence-electron chi connectivity index (χ2n) is 2.41. The van der Waals surface area contributed by atoms with Crippen LogP contribution in [-0.4, -0.2) is 39.1 Å². The maximum Gasteiger partial charge on any atom is 0.0819 e. The van der Waals surface area contributed by atoms with Crippen molar-refractivity contribution in [3.8, 4) is 0 Å². The van der Waals surface area contributed by atoms with Crippen molar-refractivity contribution in [2.45, 2.75) is 13.1 Å². The minimum absolute atomic E-state index is 0.163. The van der Waals surface area contributed by atoms with Crippen molar-refractivity contribution in [3.63, 3.8) is 0 Å². The molecule has 0 fully saturated rings. The number of nitrogens with one attached hydrogen (secondary N) is 5. The van der Waals surface area contributed by atoms with E-state index in [9.17, 15) is 0 Å². The van der Waals surface area contributed by atoms with Gasteiger partial charge in [0.2, 0.25) is 0 Å². The van der Waals surface area contributed by atoms with E-state index in [1.807, 2.05) is 33.2 Å². The molecule has 6 nitrogen and oxygen atoms in total. The second kappa shape index (κ2) is 7.41. The summed E-state index contributed by atoms with van der Waals surface area (Å²) in [6.45, 7) is 2.74. The topological polar surface area (TPSA) is 63.4 Å². The molecule has 0 heterocycles. The van der Waals surface area contributed by atoms with Gasteiger partial charge in [0, 0.05) is 7.05 Å². The molecule has 1 unspecified atom stereocenters. The predicted octanol–water partition coefficient (Wildman–Crippen LogP) is -1.83. The van der Waals surface area contributed by atoms with Gasteiger partial charge in [0.05, 0.1) is 12.8 Å². The second-order valence-corrected chi connectivity index (χ2v) is 2.41. The van der Waals surface area contributed by atoms with Crippen LogP contribution < -0.4 is 27.0 Å². The van der Waals surface area contributed by atoms with Crippen molar-refractivity contribution < 1.29 is 0 Å². The number of rotatable bonds is 7. The Bertz CT molecular complexity index is 98.0. The van der Waals surface area contributed by atoms with Crippen molar-refractivity contribution in [2.24, 2.45) is 0 Å². The van der Waals surface area contributed by atoms with Crippen molar-refractivity contribution in [2.75, 3.05) is 27.8 Å². The summed E-state index contributed by atoms with van der Waals surface area (Å²) >= 11 is 0. The highest BCUT2D eigenvalue weighted by Gasteiger charge is 2.03. The van der Waals surface area contributed by atoms with Gasteiger partial charge in [-0.3, -0.25) is 5.43 Å². The fraction of sp³-hybridized carbons (Fsp3) is 1.00. The highest BCUT2D eigenvalue weighted by Crippen LogP contribution is 1.74. The van der Waals surface area contributed by atoms with Crippen molar-refractivity contribution in [3.05, 3.63) is 0 Å². The van der Waals surface area contributed by atoms with E-state index in [1.54, 1.807) is 0 Å². The summed E-state index contributed by atoms with van der Waals surface area (Å²) in [6, 6.07) is 0. The fourth-order valence-corrected chi connectivity index (χ4v) is 0.830. The van der Waals surface area contributed by atoms with Crippen LogP contribution in [0.5, 0.6) is 0 Å². The largest absolute Gasteiger partial charge is 0.305 e. The molecular formula is C6H20N6. The first kappa shape index (κ1) is 11.8. The van der Waals surface area contributed by atoms with Gasteiger partial charge in [-0.05, 0) is 21.0 Å². The molecule has 0 aromatic heterocycles. The third-order valence-corrected chi connectivity index (χ3v) is 1.30. The summed E-state index contributed by atoms with van der Waals surface area (Å²) in [5.41, 5.74) is 12.0. The number of hydrogen-bond acceptors (Lipinski definition) is 6. The molecule has 0 rings (SSSR count). The molecule has 0 aliphatic rings. The molecule has 0 amide bonds. The molecule has 0 saturated carbocycles. The Labute approximate surface area is 74.0 Å². The maximum absolute atomic E-state index is 3.15. The lowest BCUT2D eigenvalue weighted by atomic mass is 10.6. The molecule has 0 radical (unpaired) electrons. The van der Waals surface area contributed by atoms with Gasteiger partial charge in [-0.2, -0.15) is 5.12 Å². The molecule has 0 aromatic rings. The summed E-state index contributed by atoms with van der Waals surface area (Å²) in [5, 5.41) is 4.86. The van der Waals surface area contributed by atoms with Crippen LogP contribution in [0.1, 0.15) is 6.92 Å². The molecule has 0 spiro atoms. The Morgan fingerprint density at radius 1 is 1.25 bits per heavy atom. The van der Waals surface area contributed by atoms with E-state index in [4.69, 9.17) is 0 Å². The zero-order valence-corrected chi connectivity index (χ0v) is 8.23. The van der Waals surface area contributed by atoms with Crippen molar-refractivity contribution >= 4 is 0 Å². The predicted molar refractivity (Wildman–Crippen MR) is 49.6 cm³/mol. The Hall–Kier alpha value is -0.240. The first-order chi connectivity index (χ1) is 5.74. The van der Waals surface area contributed by atoms with Crippen molar-refractivity contribution in [1.29, 1.82) is 0 Å². The van der Waals surface area contributed by atoms with Gasteiger partial charge in [-0.1, -0.05) is 0 Å². The van der Waals surface area contributed by atoms with Gasteiger partial charge in [0.15, 0.2) is 0 Å². The molecule has 0 aliphatic carbocycles. The molecule has 0 bridgehead atoms. The van der Waals surface area contributed by atoms with Gasteiger partial charge >= 0.3 is 0 Å². The van der Waals surface area contributed by atoms with Crippen LogP contribution in [0.3, 0.4) is 0 Å². The van der Waals surface area contributed by atoms with E-state index in [-0.39, 0.29) is 6.17 Å². The van der Waals surface area contributed by atoms with E-state index in [2.05, 4.69) is 27.0 Å². The van der Waals surface area contributed by atoms with E-state index < -0.39 is 0 Å². The smallest absolute Gasteiger partial charge is 0.0819 e. The molecule has 6 heteroatoms. The van der Waals surface area contributed by atoms with Crippen LogP contribution in [0.15, 0.2) is 0 Å². The van der Waals surface area contributed by atoms with Crippen LogP contribution in [0, 0.1) is 0 Å². The average Bonchev–Trinajstić information content (AvgIpc) is 2.04. The van der Waals surface area contributed by atoms with Gasteiger partial charge in [-0.15, -0.1) is 0 Å². The third-order valence-electron chi connectivity index (χ3n) is 1.30. The monoisotopic (exact) mass is 176 g/mol. The van der Waals surface area contributed by atoms with Crippen LogP contribution in [0.25, 0.3) is 0 Å². The molecule has 0 aromatic carbocycles. The molecule has 0 aliphatic heterocycles. The standard InChI is InChI=1S/C6H20N6/c1-6(10-8-3)11-12(9-4)5-7-2/h6-11H,5H2,1-4H3. The minimum atomic E-state index is 0.163. The van der Waals surface area contributed by atoms with E-state index in [0.717, 1.165) is 6.67 Å². The molecule has 5 N–H and O–H groups in total. The van der Waals surface area contributed by atoms with Crippen LogP contribution in [0.4, 0.5) is 0 Å². The van der Waals surface area contributed by atoms with Gasteiger partial charge in [-0.25, -0.2) is 16.3 Å². The zero-order chi connectivity index (χ0) is 9.40. The number of nitrogens with zero attached hydrogens (tertiary/aromatic N) is 1. The Kier molecular flexibility index (Phi) is 7.26. The highest BCUT2D eigenvalue weighted by atomic mass is 15.8. The lowest BCUT2D eigenvalue weighted by Crippen LogP contribution is -2.58. The highest BCUT2D eigenvalue weighted by molar-refractivity contribution is 4.49. The molecular weight excluding hydrogens is 156 g/mol. The SMILES string of the molecule is CNCN(NC)NC(C)NNC. The normalized spacial score (nSPS) is 13.8. The first-order valence-electron chi connectivity index (χ1n) is 4.02. The lowest BCUT2D eigenvalue weighted by molar-refractivity contribution is 0.0865. The summed E-state index contributed by atoms with van der Waals surface area (Å²) in [7, 11) is 5.58. The average molecular weight is 176 g/mol. The van der Waals surface area contributed by atoms with E-state index >= 15 is 0 Å². The minimum Gasteiger partial charge on any atom is -0.305 e. The lowest BCUT2D eigenvalue weighted by Gasteiger charge is -2.25. The number of hydrazine groups is 3. The van der Waals surface area contributed by atoms with Crippen LogP contribution in [0.2, 0.25) is 0 Å². The van der Waals surface area contributed by atoms with Gasteiger partial charge in [0.25, 0.3) is 0 Å². The fourth-order valence-electron chi connectivity index (χ4n) is 0.830. The molecule has 12 heavy (non-hydrogen) atoms. The van der Waals surface area contributed by atoms with Gasteiger partial charge in [0.1, 0.15) is 0 Å². The molecule has 0 saturated heterocycles. The van der Waals surface area contributed by atoms with Gasteiger partial charge < -0.3 is 5.32 Å². The van der Waals surface area contributed by atoms with Crippen molar-refractivity contribution in [1.82, 2.24) is 32.1 Å². The Morgan fingerprint density at radius 2 is 1.92 bits per heavy atom. The Morgan fingerprint density at radius 3 is 2.33 bits per heavy atom. The quantitative estimate of drug-likeness (QED) is 0.232.